The third kappa shape index (κ3) is 13.4. The molecule has 6 heteroatoms. The van der Waals surface area contributed by atoms with Crippen LogP contribution in [0.15, 0.2) is 4.99 Å². The number of aliphatic imine (C=N–C) groups is 1. The Balaban J connectivity index is 1.98. The highest BCUT2D eigenvalue weighted by molar-refractivity contribution is 6.30. The van der Waals surface area contributed by atoms with E-state index in [0.717, 1.165) is 18.7 Å². The summed E-state index contributed by atoms with van der Waals surface area (Å²) in [4.78, 5) is 17.6. The molecule has 1 heterocycles. The molecule has 5 nitrogen and oxygen atoms in total. The normalized spacial score (nSPS) is 17.2. The van der Waals surface area contributed by atoms with Crippen LogP contribution in [0.25, 0.3) is 0 Å². The molecule has 1 aliphatic rings. The fraction of sp³-hybridized carbons (Fsp3) is 0.920. The average molecular weight is 459 g/mol. The number of carboxylic acids is 1. The molecule has 0 amide bonds. The van der Waals surface area contributed by atoms with Gasteiger partial charge in [0, 0.05) is 19.5 Å². The number of aliphatic hydroxyl groups is 1. The summed E-state index contributed by atoms with van der Waals surface area (Å²) in [6, 6.07) is -0.415. The lowest BCUT2D eigenvalue weighted by molar-refractivity contribution is -0.136. The molecule has 0 saturated carbocycles. The minimum atomic E-state index is -1.02. The zero-order valence-corrected chi connectivity index (χ0v) is 20.6. The summed E-state index contributed by atoms with van der Waals surface area (Å²) < 4.78 is 0. The van der Waals surface area contributed by atoms with Gasteiger partial charge in [-0.1, -0.05) is 103 Å². The van der Waals surface area contributed by atoms with Crippen LogP contribution >= 0.6 is 11.6 Å². The summed E-state index contributed by atoms with van der Waals surface area (Å²) in [5.41, 5.74) is 0. The molecule has 1 aliphatic heterocycles. The standard InChI is InChI=1S/C25H47ClN2O3/c1-2-3-4-5-6-7-8-9-10-11-12-13-14-15-16-17-18-23-27-22(24(26)25(30)31)21-28(23)19-20-29/h22,24,29H,2-21H2,1H3,(H,30,31). The van der Waals surface area contributed by atoms with Crippen molar-refractivity contribution in [3.05, 3.63) is 0 Å². The first-order valence-electron chi connectivity index (χ1n) is 12.9. The predicted octanol–water partition coefficient (Wildman–Crippen LogP) is 6.41. The molecule has 0 aromatic heterocycles. The van der Waals surface area contributed by atoms with E-state index in [4.69, 9.17) is 16.7 Å². The summed E-state index contributed by atoms with van der Waals surface area (Å²) in [5.74, 6) is -0.112. The van der Waals surface area contributed by atoms with Crippen LogP contribution in [-0.2, 0) is 4.79 Å². The molecule has 0 bridgehead atoms. The number of carbonyl (C=O) groups is 1. The number of nitrogens with zero attached hydrogens (tertiary/aromatic N) is 2. The number of β-amino-alcohol motifs (C(OH)–C–C–N with tert-alkyl or cyclic N) is 1. The zero-order chi connectivity index (χ0) is 22.7. The van der Waals surface area contributed by atoms with Crippen molar-refractivity contribution < 1.29 is 15.0 Å². The molecular formula is C25H47ClN2O3. The molecule has 1 rings (SSSR count). The topological polar surface area (TPSA) is 73.1 Å². The minimum Gasteiger partial charge on any atom is -0.480 e. The SMILES string of the molecule is CCCCCCCCCCCCCCCCCCC1=NC(C(Cl)C(=O)O)CN1CCO. The van der Waals surface area contributed by atoms with E-state index in [1.165, 1.54) is 96.3 Å². The molecule has 0 aliphatic carbocycles. The number of carboxylic acid groups (broad SMARTS) is 1. The van der Waals surface area contributed by atoms with Gasteiger partial charge >= 0.3 is 5.97 Å². The van der Waals surface area contributed by atoms with Gasteiger partial charge in [-0.05, 0) is 6.42 Å². The quantitative estimate of drug-likeness (QED) is 0.154. The first-order valence-corrected chi connectivity index (χ1v) is 13.3. The second kappa shape index (κ2) is 18.7. The van der Waals surface area contributed by atoms with Crippen molar-refractivity contribution in [1.29, 1.82) is 0 Å². The lowest BCUT2D eigenvalue weighted by Gasteiger charge is -2.20. The number of aliphatic hydroxyl groups excluding tert-OH is 1. The number of halogens is 1. The third-order valence-electron chi connectivity index (χ3n) is 6.28. The summed E-state index contributed by atoms with van der Waals surface area (Å²) in [6.45, 7) is 3.31. The molecule has 0 aromatic carbocycles. The third-order valence-corrected chi connectivity index (χ3v) is 6.76. The largest absolute Gasteiger partial charge is 0.480 e. The van der Waals surface area contributed by atoms with Crippen molar-refractivity contribution in [3.63, 3.8) is 0 Å². The van der Waals surface area contributed by atoms with Crippen molar-refractivity contribution in [2.75, 3.05) is 19.7 Å². The average Bonchev–Trinajstić information content (AvgIpc) is 3.15. The van der Waals surface area contributed by atoms with Gasteiger partial charge in [-0.3, -0.25) is 9.79 Å². The predicted molar refractivity (Wildman–Crippen MR) is 131 cm³/mol. The maximum atomic E-state index is 11.1. The summed E-state index contributed by atoms with van der Waals surface area (Å²) in [7, 11) is 0. The van der Waals surface area contributed by atoms with Gasteiger partial charge < -0.3 is 15.1 Å². The summed E-state index contributed by atoms with van der Waals surface area (Å²) >= 11 is 5.96. The van der Waals surface area contributed by atoms with Crippen LogP contribution in [0.5, 0.6) is 0 Å². The zero-order valence-electron chi connectivity index (χ0n) is 19.9. The van der Waals surface area contributed by atoms with Crippen LogP contribution < -0.4 is 0 Å². The van der Waals surface area contributed by atoms with Crippen LogP contribution in [0.3, 0.4) is 0 Å². The molecule has 2 atom stereocenters. The van der Waals surface area contributed by atoms with Crippen LogP contribution in [0.1, 0.15) is 116 Å². The summed E-state index contributed by atoms with van der Waals surface area (Å²) in [5, 5.41) is 17.3. The van der Waals surface area contributed by atoms with Gasteiger partial charge in [-0.2, -0.15) is 0 Å². The number of unbranched alkanes of at least 4 members (excludes halogenated alkanes) is 15. The Hall–Kier alpha value is -0.810. The molecule has 182 valence electrons. The van der Waals surface area contributed by atoms with E-state index in [0.29, 0.717) is 13.1 Å². The van der Waals surface area contributed by atoms with Crippen LogP contribution in [0.4, 0.5) is 0 Å². The van der Waals surface area contributed by atoms with E-state index >= 15 is 0 Å². The van der Waals surface area contributed by atoms with E-state index in [9.17, 15) is 9.90 Å². The Bertz CT molecular complexity index is 487. The fourth-order valence-electron chi connectivity index (χ4n) is 4.36. The highest BCUT2D eigenvalue weighted by atomic mass is 35.5. The lowest BCUT2D eigenvalue weighted by atomic mass is 10.0. The fourth-order valence-corrected chi connectivity index (χ4v) is 4.50. The van der Waals surface area contributed by atoms with Crippen LogP contribution in [0, 0.1) is 0 Å². The van der Waals surface area contributed by atoms with Gasteiger partial charge in [0.15, 0.2) is 5.38 Å². The molecule has 0 aromatic rings. The van der Waals surface area contributed by atoms with Gasteiger partial charge in [-0.15, -0.1) is 11.6 Å². The van der Waals surface area contributed by atoms with Crippen LogP contribution in [-0.4, -0.2) is 58.0 Å². The lowest BCUT2D eigenvalue weighted by Crippen LogP contribution is -2.36. The van der Waals surface area contributed by atoms with E-state index in [2.05, 4.69) is 11.9 Å². The molecule has 31 heavy (non-hydrogen) atoms. The first kappa shape index (κ1) is 28.2. The summed E-state index contributed by atoms with van der Waals surface area (Å²) in [6.07, 6.45) is 22.4. The number of rotatable bonds is 21. The minimum absolute atomic E-state index is 0.0464. The molecular weight excluding hydrogens is 412 g/mol. The molecule has 0 fully saturated rings. The number of aliphatic carboxylic acids is 1. The highest BCUT2D eigenvalue weighted by Crippen LogP contribution is 2.20. The molecule has 2 N–H and O–H groups in total. The van der Waals surface area contributed by atoms with Gasteiger partial charge in [-0.25, -0.2) is 0 Å². The van der Waals surface area contributed by atoms with Crippen molar-refractivity contribution in [3.8, 4) is 0 Å². The monoisotopic (exact) mass is 458 g/mol. The van der Waals surface area contributed by atoms with Gasteiger partial charge in [0.25, 0.3) is 0 Å². The second-order valence-corrected chi connectivity index (χ2v) is 9.55. The number of alkyl halides is 1. The molecule has 0 spiro atoms. The number of amidine groups is 1. The van der Waals surface area contributed by atoms with E-state index in [-0.39, 0.29) is 6.61 Å². The van der Waals surface area contributed by atoms with E-state index in [1.807, 2.05) is 4.90 Å². The number of hydrogen-bond donors (Lipinski definition) is 2. The first-order chi connectivity index (χ1) is 15.1. The smallest absolute Gasteiger partial charge is 0.323 e. The maximum Gasteiger partial charge on any atom is 0.323 e. The van der Waals surface area contributed by atoms with Gasteiger partial charge in [0.2, 0.25) is 0 Å². The molecule has 0 radical (unpaired) electrons. The highest BCUT2D eigenvalue weighted by Gasteiger charge is 2.33. The maximum absolute atomic E-state index is 11.1. The Morgan fingerprint density at radius 3 is 1.81 bits per heavy atom. The van der Waals surface area contributed by atoms with Crippen molar-refractivity contribution in [2.24, 2.45) is 4.99 Å². The van der Waals surface area contributed by atoms with Crippen molar-refractivity contribution >= 4 is 23.4 Å². The van der Waals surface area contributed by atoms with E-state index < -0.39 is 17.4 Å². The van der Waals surface area contributed by atoms with Crippen molar-refractivity contribution in [1.82, 2.24) is 4.90 Å². The van der Waals surface area contributed by atoms with Crippen molar-refractivity contribution in [2.45, 2.75) is 127 Å². The Morgan fingerprint density at radius 2 is 1.39 bits per heavy atom. The Labute approximate surface area is 195 Å². The molecule has 0 saturated heterocycles. The van der Waals surface area contributed by atoms with Crippen LogP contribution in [0.2, 0.25) is 0 Å². The van der Waals surface area contributed by atoms with E-state index in [1.54, 1.807) is 0 Å². The molecule has 2 unspecified atom stereocenters. The second-order valence-electron chi connectivity index (χ2n) is 9.08. The van der Waals surface area contributed by atoms with Gasteiger partial charge in [0.05, 0.1) is 18.5 Å². The Kier molecular flexibility index (Phi) is 17.1. The Morgan fingerprint density at radius 1 is 0.935 bits per heavy atom. The number of hydrogen-bond acceptors (Lipinski definition) is 4. The van der Waals surface area contributed by atoms with Gasteiger partial charge in [0.1, 0.15) is 0 Å².